The molecule has 1 aliphatic heterocycles. The fourth-order valence-electron chi connectivity index (χ4n) is 3.45. The van der Waals surface area contributed by atoms with Crippen molar-refractivity contribution in [2.24, 2.45) is 5.92 Å². The van der Waals surface area contributed by atoms with Gasteiger partial charge in [-0.25, -0.2) is 0 Å². The summed E-state index contributed by atoms with van der Waals surface area (Å²) in [6, 6.07) is 10.2. The summed E-state index contributed by atoms with van der Waals surface area (Å²) in [5, 5.41) is 7.39. The van der Waals surface area contributed by atoms with E-state index in [9.17, 15) is 9.59 Å². The highest BCUT2D eigenvalue weighted by atomic mass is 16.2. The van der Waals surface area contributed by atoms with Gasteiger partial charge in [0.15, 0.2) is 0 Å². The van der Waals surface area contributed by atoms with Gasteiger partial charge in [-0.3, -0.25) is 14.3 Å². The number of benzene rings is 1. The van der Waals surface area contributed by atoms with Crippen LogP contribution in [0.25, 0.3) is 0 Å². The molecule has 3 rings (SSSR count). The summed E-state index contributed by atoms with van der Waals surface area (Å²) >= 11 is 0. The number of carbonyl (C=O) groups excluding carboxylic acids is 2. The first-order valence-corrected chi connectivity index (χ1v) is 9.76. The Labute approximate surface area is 160 Å². The minimum absolute atomic E-state index is 0.00459. The van der Waals surface area contributed by atoms with E-state index in [1.54, 1.807) is 6.20 Å². The van der Waals surface area contributed by atoms with Crippen LogP contribution in [0.4, 0.5) is 0 Å². The fourth-order valence-corrected chi connectivity index (χ4v) is 3.45. The third-order valence-corrected chi connectivity index (χ3v) is 5.02. The zero-order valence-electron chi connectivity index (χ0n) is 15.9. The topological polar surface area (TPSA) is 67.2 Å². The molecule has 0 spiro atoms. The maximum absolute atomic E-state index is 12.4. The Morgan fingerprint density at radius 3 is 2.59 bits per heavy atom. The van der Waals surface area contributed by atoms with Crippen molar-refractivity contribution in [2.45, 2.75) is 45.7 Å². The molecule has 2 amide bonds. The summed E-state index contributed by atoms with van der Waals surface area (Å²) in [6.07, 6.45) is 6.73. The van der Waals surface area contributed by atoms with Crippen molar-refractivity contribution >= 4 is 11.8 Å². The van der Waals surface area contributed by atoms with Crippen LogP contribution in [0.3, 0.4) is 0 Å². The molecule has 0 atom stereocenters. The van der Waals surface area contributed by atoms with E-state index < -0.39 is 0 Å². The van der Waals surface area contributed by atoms with Crippen molar-refractivity contribution in [3.8, 4) is 0 Å². The van der Waals surface area contributed by atoms with Crippen LogP contribution in [0, 0.1) is 5.92 Å². The third kappa shape index (κ3) is 5.42. The van der Waals surface area contributed by atoms with E-state index in [1.807, 2.05) is 40.9 Å². The molecule has 0 unspecified atom stereocenters. The lowest BCUT2D eigenvalue weighted by Crippen LogP contribution is -2.42. The smallest absolute Gasteiger partial charge is 0.223 e. The van der Waals surface area contributed by atoms with E-state index >= 15 is 0 Å². The molecule has 144 valence electrons. The number of rotatable bonds is 7. The molecule has 1 aromatic carbocycles. The highest BCUT2D eigenvalue weighted by Gasteiger charge is 2.26. The minimum Gasteiger partial charge on any atom is -0.352 e. The summed E-state index contributed by atoms with van der Waals surface area (Å²) in [4.78, 5) is 26.3. The Hall–Kier alpha value is -2.63. The zero-order valence-corrected chi connectivity index (χ0v) is 15.9. The quantitative estimate of drug-likeness (QED) is 0.817. The highest BCUT2D eigenvalue weighted by molar-refractivity contribution is 5.80. The molecule has 0 saturated carbocycles. The van der Waals surface area contributed by atoms with Crippen LogP contribution in [0.2, 0.25) is 0 Å². The van der Waals surface area contributed by atoms with Crippen LogP contribution >= 0.6 is 0 Å². The predicted molar refractivity (Wildman–Crippen MR) is 104 cm³/mol. The number of carbonyl (C=O) groups is 2. The minimum atomic E-state index is -0.00459. The summed E-state index contributed by atoms with van der Waals surface area (Å²) < 4.78 is 1.88. The van der Waals surface area contributed by atoms with E-state index in [0.29, 0.717) is 26.1 Å². The molecule has 27 heavy (non-hydrogen) atoms. The van der Waals surface area contributed by atoms with E-state index in [1.165, 1.54) is 5.56 Å². The molecule has 6 nitrogen and oxygen atoms in total. The molecule has 1 aliphatic rings. The number of hydrogen-bond acceptors (Lipinski definition) is 3. The van der Waals surface area contributed by atoms with E-state index in [0.717, 1.165) is 31.4 Å². The first-order chi connectivity index (χ1) is 13.2. The van der Waals surface area contributed by atoms with Crippen LogP contribution in [-0.2, 0) is 22.7 Å². The molecule has 0 aliphatic carbocycles. The lowest BCUT2D eigenvalue weighted by molar-refractivity contribution is -0.135. The summed E-state index contributed by atoms with van der Waals surface area (Å²) in [5.74, 6) is 0.283. The molecule has 6 heteroatoms. The standard InChI is InChI=1S/C21H28N4O2/c1-2-6-20(26)24-11-9-19(10-12-24)21(27)22-13-18-14-23-25(16-18)15-17-7-4-3-5-8-17/h3-5,7-8,14,16,19H,2,6,9-13,15H2,1H3,(H,22,27). The van der Waals surface area contributed by atoms with Crippen molar-refractivity contribution in [2.75, 3.05) is 13.1 Å². The van der Waals surface area contributed by atoms with E-state index in [2.05, 4.69) is 22.5 Å². The number of nitrogens with zero attached hydrogens (tertiary/aromatic N) is 3. The Bertz CT molecular complexity index is 749. The van der Waals surface area contributed by atoms with Gasteiger partial charge in [-0.1, -0.05) is 37.3 Å². The largest absolute Gasteiger partial charge is 0.352 e. The van der Waals surface area contributed by atoms with Gasteiger partial charge in [0.1, 0.15) is 0 Å². The third-order valence-electron chi connectivity index (χ3n) is 5.02. The molecule has 1 fully saturated rings. The van der Waals surface area contributed by atoms with Crippen molar-refractivity contribution in [3.63, 3.8) is 0 Å². The molecule has 2 aromatic rings. The Balaban J connectivity index is 1.43. The maximum Gasteiger partial charge on any atom is 0.223 e. The average Bonchev–Trinajstić information content (AvgIpc) is 3.14. The second-order valence-corrected chi connectivity index (χ2v) is 7.15. The lowest BCUT2D eigenvalue weighted by Gasteiger charge is -2.31. The van der Waals surface area contributed by atoms with Crippen LogP contribution < -0.4 is 5.32 Å². The first kappa shape index (κ1) is 19.1. The molecule has 1 saturated heterocycles. The number of nitrogens with one attached hydrogen (secondary N) is 1. The molecule has 1 N–H and O–H groups in total. The van der Waals surface area contributed by atoms with Gasteiger partial charge in [0.2, 0.25) is 11.8 Å². The average molecular weight is 368 g/mol. The van der Waals surface area contributed by atoms with Crippen LogP contribution in [0.5, 0.6) is 0 Å². The van der Waals surface area contributed by atoms with Crippen molar-refractivity contribution in [3.05, 3.63) is 53.9 Å². The highest BCUT2D eigenvalue weighted by Crippen LogP contribution is 2.18. The lowest BCUT2D eigenvalue weighted by atomic mass is 9.95. The molecule has 1 aromatic heterocycles. The van der Waals surface area contributed by atoms with Gasteiger partial charge in [0, 0.05) is 43.7 Å². The number of amides is 2. The fraction of sp³-hybridized carbons (Fsp3) is 0.476. The SMILES string of the molecule is CCCC(=O)N1CCC(C(=O)NCc2cnn(Cc3ccccc3)c2)CC1. The first-order valence-electron chi connectivity index (χ1n) is 9.76. The van der Waals surface area contributed by atoms with Gasteiger partial charge in [0.25, 0.3) is 0 Å². The van der Waals surface area contributed by atoms with Gasteiger partial charge in [-0.05, 0) is 24.8 Å². The van der Waals surface area contributed by atoms with Gasteiger partial charge in [-0.15, -0.1) is 0 Å². The summed E-state index contributed by atoms with van der Waals surface area (Å²) in [7, 11) is 0. The van der Waals surface area contributed by atoms with Crippen LogP contribution in [0.1, 0.15) is 43.7 Å². The predicted octanol–water partition coefficient (Wildman–Crippen LogP) is 2.59. The van der Waals surface area contributed by atoms with Crippen molar-refractivity contribution < 1.29 is 9.59 Å². The molecule has 2 heterocycles. The number of likely N-dealkylation sites (tertiary alicyclic amines) is 1. The second-order valence-electron chi connectivity index (χ2n) is 7.15. The van der Waals surface area contributed by atoms with Crippen LogP contribution in [-0.4, -0.2) is 39.6 Å². The van der Waals surface area contributed by atoms with E-state index in [-0.39, 0.29) is 17.7 Å². The molecule has 0 radical (unpaired) electrons. The van der Waals surface area contributed by atoms with E-state index in [4.69, 9.17) is 0 Å². The Kier molecular flexibility index (Phi) is 6.63. The van der Waals surface area contributed by atoms with Gasteiger partial charge >= 0.3 is 0 Å². The van der Waals surface area contributed by atoms with Gasteiger partial charge < -0.3 is 10.2 Å². The van der Waals surface area contributed by atoms with Crippen molar-refractivity contribution in [1.82, 2.24) is 20.0 Å². The maximum atomic E-state index is 12.4. The number of piperidine rings is 1. The summed E-state index contributed by atoms with van der Waals surface area (Å²) in [6.45, 7) is 4.60. The molecular weight excluding hydrogens is 340 g/mol. The Morgan fingerprint density at radius 2 is 1.89 bits per heavy atom. The molecular formula is C21H28N4O2. The zero-order chi connectivity index (χ0) is 19.1. The summed E-state index contributed by atoms with van der Waals surface area (Å²) in [5.41, 5.74) is 2.19. The van der Waals surface area contributed by atoms with Crippen molar-refractivity contribution in [1.29, 1.82) is 0 Å². The second kappa shape index (κ2) is 9.35. The molecule has 0 bridgehead atoms. The number of aromatic nitrogens is 2. The normalized spacial score (nSPS) is 14.9. The Morgan fingerprint density at radius 1 is 1.15 bits per heavy atom. The van der Waals surface area contributed by atoms with Crippen LogP contribution in [0.15, 0.2) is 42.7 Å². The number of hydrogen-bond donors (Lipinski definition) is 1. The van der Waals surface area contributed by atoms with Gasteiger partial charge in [0.05, 0.1) is 12.7 Å². The monoisotopic (exact) mass is 368 g/mol. The van der Waals surface area contributed by atoms with Gasteiger partial charge in [-0.2, -0.15) is 5.10 Å².